The Morgan fingerprint density at radius 1 is 1.31 bits per heavy atom. The number of unbranched alkanes of at least 4 members (excludes halogenated alkanes) is 2. The summed E-state index contributed by atoms with van der Waals surface area (Å²) in [4.78, 5) is 0. The number of halogens is 1. The number of ether oxygens (including phenoxy) is 1. The Labute approximate surface area is 103 Å². The van der Waals surface area contributed by atoms with Gasteiger partial charge in [-0.3, -0.25) is 0 Å². The summed E-state index contributed by atoms with van der Waals surface area (Å²) in [5, 5.41) is 0.821. The standard InChI is InChI=1S/C13H21ClNO/c1-3-5-6-9-16-11-15-8-7-12(4-2)13(14)10-15/h7-8,10H,3-6,9,11H2,1-2H3/q+1. The van der Waals surface area contributed by atoms with Gasteiger partial charge in [0.2, 0.25) is 0 Å². The van der Waals surface area contributed by atoms with Crippen molar-refractivity contribution in [2.45, 2.75) is 46.3 Å². The normalized spacial score (nSPS) is 10.7. The van der Waals surface area contributed by atoms with Crippen LogP contribution in [0.3, 0.4) is 0 Å². The van der Waals surface area contributed by atoms with Gasteiger partial charge in [0, 0.05) is 6.07 Å². The lowest BCUT2D eigenvalue weighted by atomic mass is 10.2. The van der Waals surface area contributed by atoms with E-state index in [0.29, 0.717) is 6.73 Å². The molecule has 1 rings (SSSR count). The van der Waals surface area contributed by atoms with Gasteiger partial charge in [0.15, 0.2) is 12.4 Å². The zero-order valence-corrected chi connectivity index (χ0v) is 11.0. The molecule has 0 unspecified atom stereocenters. The minimum atomic E-state index is 0.591. The highest BCUT2D eigenvalue weighted by Gasteiger charge is 2.05. The van der Waals surface area contributed by atoms with E-state index in [-0.39, 0.29) is 0 Å². The molecule has 0 bridgehead atoms. The Bertz CT molecular complexity index is 315. The van der Waals surface area contributed by atoms with Crippen LogP contribution in [0.25, 0.3) is 0 Å². The van der Waals surface area contributed by atoms with Gasteiger partial charge in [-0.25, -0.2) is 0 Å². The third kappa shape index (κ3) is 4.50. The van der Waals surface area contributed by atoms with Crippen LogP contribution in [0.15, 0.2) is 18.5 Å². The molecule has 0 radical (unpaired) electrons. The largest absolute Gasteiger partial charge is 0.323 e. The van der Waals surface area contributed by atoms with Crippen molar-refractivity contribution in [2.75, 3.05) is 6.61 Å². The lowest BCUT2D eigenvalue weighted by Gasteiger charge is -2.02. The van der Waals surface area contributed by atoms with E-state index in [9.17, 15) is 0 Å². The molecule has 0 atom stereocenters. The van der Waals surface area contributed by atoms with Gasteiger partial charge in [-0.15, -0.1) is 0 Å². The van der Waals surface area contributed by atoms with Gasteiger partial charge in [0.1, 0.15) is 5.02 Å². The highest BCUT2D eigenvalue weighted by Crippen LogP contribution is 2.12. The van der Waals surface area contributed by atoms with Crippen LogP contribution in [0.4, 0.5) is 0 Å². The second-order valence-electron chi connectivity index (χ2n) is 3.93. The van der Waals surface area contributed by atoms with Gasteiger partial charge in [-0.2, -0.15) is 4.57 Å². The maximum atomic E-state index is 6.12. The van der Waals surface area contributed by atoms with Gasteiger partial charge in [0.25, 0.3) is 6.73 Å². The molecule has 0 aromatic carbocycles. The molecular weight excluding hydrogens is 222 g/mol. The van der Waals surface area contributed by atoms with Crippen LogP contribution in [-0.4, -0.2) is 6.61 Å². The first-order chi connectivity index (χ1) is 7.77. The number of hydrogen-bond donors (Lipinski definition) is 0. The predicted molar refractivity (Wildman–Crippen MR) is 66.5 cm³/mol. The molecule has 0 saturated carbocycles. The van der Waals surface area contributed by atoms with Crippen molar-refractivity contribution in [1.29, 1.82) is 0 Å². The lowest BCUT2D eigenvalue weighted by Crippen LogP contribution is -2.34. The summed E-state index contributed by atoms with van der Waals surface area (Å²) in [6.07, 6.45) is 8.52. The van der Waals surface area contributed by atoms with E-state index in [0.717, 1.165) is 24.5 Å². The van der Waals surface area contributed by atoms with Crippen LogP contribution in [-0.2, 0) is 17.9 Å². The number of nitrogens with zero attached hydrogens (tertiary/aromatic N) is 1. The van der Waals surface area contributed by atoms with E-state index in [1.165, 1.54) is 18.4 Å². The molecule has 0 aliphatic heterocycles. The van der Waals surface area contributed by atoms with Gasteiger partial charge in [-0.05, 0) is 18.4 Å². The quantitative estimate of drug-likeness (QED) is 0.528. The van der Waals surface area contributed by atoms with Crippen molar-refractivity contribution < 1.29 is 9.30 Å². The molecule has 1 aromatic rings. The van der Waals surface area contributed by atoms with Gasteiger partial charge in [-0.1, -0.05) is 38.3 Å². The first-order valence-corrected chi connectivity index (χ1v) is 6.41. The predicted octanol–water partition coefficient (Wildman–Crippen LogP) is 3.35. The smallest absolute Gasteiger partial charge is 0.252 e. The maximum absolute atomic E-state index is 6.12. The number of hydrogen-bond acceptors (Lipinski definition) is 1. The summed E-state index contributed by atoms with van der Waals surface area (Å²) >= 11 is 6.12. The first-order valence-electron chi connectivity index (χ1n) is 6.03. The fraction of sp³-hybridized carbons (Fsp3) is 0.615. The SMILES string of the molecule is CCCCCOC[n+]1ccc(CC)c(Cl)c1. The maximum Gasteiger partial charge on any atom is 0.252 e. The topological polar surface area (TPSA) is 13.1 Å². The Kier molecular flexibility index (Phi) is 6.43. The molecule has 16 heavy (non-hydrogen) atoms. The molecule has 0 aliphatic carbocycles. The van der Waals surface area contributed by atoms with E-state index in [2.05, 4.69) is 19.9 Å². The second-order valence-corrected chi connectivity index (χ2v) is 4.34. The molecule has 0 amide bonds. The molecule has 0 N–H and O–H groups in total. The molecule has 0 spiro atoms. The van der Waals surface area contributed by atoms with E-state index < -0.39 is 0 Å². The van der Waals surface area contributed by atoms with Crippen LogP contribution in [0.1, 0.15) is 38.7 Å². The lowest BCUT2D eigenvalue weighted by molar-refractivity contribution is -0.732. The van der Waals surface area contributed by atoms with E-state index >= 15 is 0 Å². The minimum Gasteiger partial charge on any atom is -0.323 e. The molecular formula is C13H21ClNO+. The molecule has 2 nitrogen and oxygen atoms in total. The summed E-state index contributed by atoms with van der Waals surface area (Å²) < 4.78 is 7.53. The van der Waals surface area contributed by atoms with Crippen LogP contribution in [0, 0.1) is 0 Å². The van der Waals surface area contributed by atoms with Gasteiger partial charge >= 0.3 is 0 Å². The molecule has 3 heteroatoms. The van der Waals surface area contributed by atoms with E-state index in [1.807, 2.05) is 17.0 Å². The van der Waals surface area contributed by atoms with E-state index in [4.69, 9.17) is 16.3 Å². The van der Waals surface area contributed by atoms with E-state index in [1.54, 1.807) is 0 Å². The monoisotopic (exact) mass is 242 g/mol. The Hall–Kier alpha value is -0.600. The third-order valence-electron chi connectivity index (χ3n) is 2.57. The molecule has 0 fully saturated rings. The number of rotatable bonds is 7. The van der Waals surface area contributed by atoms with Crippen LogP contribution < -0.4 is 4.57 Å². The molecule has 0 aliphatic rings. The fourth-order valence-corrected chi connectivity index (χ4v) is 1.85. The van der Waals surface area contributed by atoms with Crippen LogP contribution >= 0.6 is 11.6 Å². The van der Waals surface area contributed by atoms with Crippen molar-refractivity contribution in [3.63, 3.8) is 0 Å². The van der Waals surface area contributed by atoms with Crippen LogP contribution in [0.5, 0.6) is 0 Å². The summed E-state index contributed by atoms with van der Waals surface area (Å²) in [6, 6.07) is 2.05. The van der Waals surface area contributed by atoms with Gasteiger partial charge in [0.05, 0.1) is 6.61 Å². The van der Waals surface area contributed by atoms with Crippen LogP contribution in [0.2, 0.25) is 5.02 Å². The molecule has 1 heterocycles. The Balaban J connectivity index is 2.34. The number of aryl methyl sites for hydroxylation is 1. The molecule has 1 aromatic heterocycles. The Morgan fingerprint density at radius 3 is 2.75 bits per heavy atom. The Morgan fingerprint density at radius 2 is 2.12 bits per heavy atom. The van der Waals surface area contributed by atoms with Crippen molar-refractivity contribution in [3.8, 4) is 0 Å². The average Bonchev–Trinajstić information content (AvgIpc) is 2.29. The summed E-state index contributed by atoms with van der Waals surface area (Å²) in [6.45, 7) is 5.71. The van der Waals surface area contributed by atoms with Crippen molar-refractivity contribution >= 4 is 11.6 Å². The van der Waals surface area contributed by atoms with Crippen molar-refractivity contribution in [3.05, 3.63) is 29.0 Å². The third-order valence-corrected chi connectivity index (χ3v) is 2.91. The highest BCUT2D eigenvalue weighted by atomic mass is 35.5. The average molecular weight is 243 g/mol. The second kappa shape index (κ2) is 7.64. The first kappa shape index (κ1) is 13.5. The highest BCUT2D eigenvalue weighted by molar-refractivity contribution is 6.31. The number of aromatic nitrogens is 1. The zero-order valence-electron chi connectivity index (χ0n) is 10.2. The summed E-state index contributed by atoms with van der Waals surface area (Å²) in [7, 11) is 0. The van der Waals surface area contributed by atoms with Crippen molar-refractivity contribution in [1.82, 2.24) is 0 Å². The molecule has 0 saturated heterocycles. The van der Waals surface area contributed by atoms with Crippen molar-refractivity contribution in [2.24, 2.45) is 0 Å². The summed E-state index contributed by atoms with van der Waals surface area (Å²) in [5.74, 6) is 0. The van der Waals surface area contributed by atoms with Gasteiger partial charge < -0.3 is 4.74 Å². The zero-order chi connectivity index (χ0) is 11.8. The molecule has 90 valence electrons. The minimum absolute atomic E-state index is 0.591. The fourth-order valence-electron chi connectivity index (χ4n) is 1.53. The number of pyridine rings is 1. The summed E-state index contributed by atoms with van der Waals surface area (Å²) in [5.41, 5.74) is 1.18.